The van der Waals surface area contributed by atoms with E-state index in [9.17, 15) is 4.79 Å². The lowest BCUT2D eigenvalue weighted by molar-refractivity contribution is 0.0689. The monoisotopic (exact) mass is 224 g/mol. The van der Waals surface area contributed by atoms with Gasteiger partial charge in [-0.3, -0.25) is 0 Å². The smallest absolute Gasteiger partial charge is 0.356 e. The van der Waals surface area contributed by atoms with E-state index < -0.39 is 5.97 Å². The SMILES string of the molecule is CCCCCCOc1cnc(C(=O)O)cn1. The van der Waals surface area contributed by atoms with Crippen LogP contribution in [0.1, 0.15) is 43.1 Å². The quantitative estimate of drug-likeness (QED) is 0.718. The molecule has 0 saturated heterocycles. The molecule has 0 atom stereocenters. The molecule has 1 aromatic heterocycles. The van der Waals surface area contributed by atoms with E-state index in [1.165, 1.54) is 25.2 Å². The highest BCUT2D eigenvalue weighted by Gasteiger charge is 2.04. The highest BCUT2D eigenvalue weighted by molar-refractivity contribution is 5.84. The third kappa shape index (κ3) is 4.25. The van der Waals surface area contributed by atoms with Crippen molar-refractivity contribution in [3.63, 3.8) is 0 Å². The lowest BCUT2D eigenvalue weighted by Gasteiger charge is -2.04. The summed E-state index contributed by atoms with van der Waals surface area (Å²) in [5, 5.41) is 8.61. The second kappa shape index (κ2) is 6.76. The molecule has 0 saturated carbocycles. The summed E-state index contributed by atoms with van der Waals surface area (Å²) in [6, 6.07) is 0. The number of hydrogen-bond donors (Lipinski definition) is 1. The molecule has 0 bridgehead atoms. The fraction of sp³-hybridized carbons (Fsp3) is 0.545. The number of carbonyl (C=O) groups is 1. The van der Waals surface area contributed by atoms with Crippen LogP contribution in [-0.2, 0) is 0 Å². The third-order valence-electron chi connectivity index (χ3n) is 2.10. The van der Waals surface area contributed by atoms with E-state index in [0.29, 0.717) is 12.5 Å². The number of nitrogens with zero attached hydrogens (tertiary/aromatic N) is 2. The maximum Gasteiger partial charge on any atom is 0.356 e. The summed E-state index contributed by atoms with van der Waals surface area (Å²) < 4.78 is 5.32. The molecule has 88 valence electrons. The zero-order valence-corrected chi connectivity index (χ0v) is 9.35. The van der Waals surface area contributed by atoms with Crippen LogP contribution in [0, 0.1) is 0 Å². The molecule has 0 aliphatic carbocycles. The molecule has 1 rings (SSSR count). The Morgan fingerprint density at radius 1 is 1.31 bits per heavy atom. The minimum Gasteiger partial charge on any atom is -0.477 e. The van der Waals surface area contributed by atoms with Gasteiger partial charge >= 0.3 is 5.97 Å². The van der Waals surface area contributed by atoms with Crippen LogP contribution < -0.4 is 4.74 Å². The first-order valence-electron chi connectivity index (χ1n) is 5.42. The van der Waals surface area contributed by atoms with Crippen LogP contribution in [0.3, 0.4) is 0 Å². The van der Waals surface area contributed by atoms with E-state index in [1.807, 2.05) is 0 Å². The van der Waals surface area contributed by atoms with Crippen LogP contribution in [0.4, 0.5) is 0 Å². The van der Waals surface area contributed by atoms with Crippen molar-refractivity contribution in [3.05, 3.63) is 18.1 Å². The molecule has 0 aromatic carbocycles. The Hall–Kier alpha value is -1.65. The Kier molecular flexibility index (Phi) is 5.25. The van der Waals surface area contributed by atoms with Crippen LogP contribution in [-0.4, -0.2) is 27.7 Å². The lowest BCUT2D eigenvalue weighted by Crippen LogP contribution is -2.04. The third-order valence-corrected chi connectivity index (χ3v) is 2.10. The van der Waals surface area contributed by atoms with Gasteiger partial charge in [-0.05, 0) is 6.42 Å². The average molecular weight is 224 g/mol. The molecule has 5 nitrogen and oxygen atoms in total. The van der Waals surface area contributed by atoms with E-state index >= 15 is 0 Å². The molecule has 0 radical (unpaired) electrons. The van der Waals surface area contributed by atoms with Crippen molar-refractivity contribution in [2.75, 3.05) is 6.61 Å². The number of carboxylic acids is 1. The highest BCUT2D eigenvalue weighted by atomic mass is 16.5. The second-order valence-corrected chi connectivity index (χ2v) is 3.45. The molecule has 0 aliphatic heterocycles. The Morgan fingerprint density at radius 2 is 2.12 bits per heavy atom. The van der Waals surface area contributed by atoms with Crippen molar-refractivity contribution in [2.45, 2.75) is 32.6 Å². The summed E-state index contributed by atoms with van der Waals surface area (Å²) in [7, 11) is 0. The van der Waals surface area contributed by atoms with Crippen LogP contribution >= 0.6 is 0 Å². The first-order valence-corrected chi connectivity index (χ1v) is 5.42. The van der Waals surface area contributed by atoms with E-state index in [-0.39, 0.29) is 5.69 Å². The molecule has 0 unspecified atom stereocenters. The Balaban J connectivity index is 2.29. The maximum absolute atomic E-state index is 10.5. The Labute approximate surface area is 94.5 Å². The fourth-order valence-electron chi connectivity index (χ4n) is 1.21. The first-order chi connectivity index (χ1) is 7.74. The zero-order valence-electron chi connectivity index (χ0n) is 9.35. The van der Waals surface area contributed by atoms with Crippen molar-refractivity contribution in [1.29, 1.82) is 0 Å². The van der Waals surface area contributed by atoms with E-state index in [0.717, 1.165) is 12.8 Å². The molecule has 5 heteroatoms. The number of carboxylic acid groups (broad SMARTS) is 1. The molecule has 0 fully saturated rings. The molecule has 0 aliphatic rings. The van der Waals surface area contributed by atoms with Gasteiger partial charge in [0.1, 0.15) is 0 Å². The molecular weight excluding hydrogens is 208 g/mol. The second-order valence-electron chi connectivity index (χ2n) is 3.45. The van der Waals surface area contributed by atoms with Gasteiger partial charge < -0.3 is 9.84 Å². The van der Waals surface area contributed by atoms with Crippen molar-refractivity contribution >= 4 is 5.97 Å². The maximum atomic E-state index is 10.5. The minimum absolute atomic E-state index is 0.0710. The van der Waals surface area contributed by atoms with Gasteiger partial charge in [-0.2, -0.15) is 0 Å². The Bertz CT molecular complexity index is 325. The van der Waals surface area contributed by atoms with E-state index in [2.05, 4.69) is 16.9 Å². The van der Waals surface area contributed by atoms with Crippen LogP contribution in [0.2, 0.25) is 0 Å². The fourth-order valence-corrected chi connectivity index (χ4v) is 1.21. The van der Waals surface area contributed by atoms with Gasteiger partial charge in [-0.25, -0.2) is 14.8 Å². The summed E-state index contributed by atoms with van der Waals surface area (Å²) >= 11 is 0. The molecule has 1 N–H and O–H groups in total. The first kappa shape index (κ1) is 12.4. The molecule has 1 aromatic rings. The van der Waals surface area contributed by atoms with Gasteiger partial charge in [-0.15, -0.1) is 0 Å². The summed E-state index contributed by atoms with van der Waals surface area (Å²) in [6.45, 7) is 2.75. The zero-order chi connectivity index (χ0) is 11.8. The molecule has 16 heavy (non-hydrogen) atoms. The summed E-state index contributed by atoms with van der Waals surface area (Å²) in [5.41, 5.74) is -0.0710. The number of ether oxygens (including phenoxy) is 1. The standard InChI is InChI=1S/C11H16N2O3/c1-2-3-4-5-6-16-10-8-12-9(7-13-10)11(14)15/h7-8H,2-6H2,1H3,(H,14,15). The van der Waals surface area contributed by atoms with Crippen molar-refractivity contribution < 1.29 is 14.6 Å². The Morgan fingerprint density at radius 3 is 2.69 bits per heavy atom. The molecule has 0 spiro atoms. The number of aromatic carboxylic acids is 1. The largest absolute Gasteiger partial charge is 0.477 e. The number of rotatable bonds is 7. The molecule has 1 heterocycles. The predicted molar refractivity (Wildman–Crippen MR) is 58.6 cm³/mol. The molecule has 0 amide bonds. The van der Waals surface area contributed by atoms with Gasteiger partial charge in [0.05, 0.1) is 19.0 Å². The van der Waals surface area contributed by atoms with Gasteiger partial charge in [0.15, 0.2) is 5.69 Å². The number of unbranched alkanes of at least 4 members (excludes halogenated alkanes) is 3. The van der Waals surface area contributed by atoms with E-state index in [1.54, 1.807) is 0 Å². The highest BCUT2D eigenvalue weighted by Crippen LogP contribution is 2.06. The molecular formula is C11H16N2O3. The number of aromatic nitrogens is 2. The summed E-state index contributed by atoms with van der Waals surface area (Å²) in [4.78, 5) is 18.1. The summed E-state index contributed by atoms with van der Waals surface area (Å²) in [5.74, 6) is -0.705. The van der Waals surface area contributed by atoms with Gasteiger partial charge in [-0.1, -0.05) is 26.2 Å². The van der Waals surface area contributed by atoms with Crippen molar-refractivity contribution in [2.24, 2.45) is 0 Å². The predicted octanol–water partition coefficient (Wildman–Crippen LogP) is 2.13. The van der Waals surface area contributed by atoms with Gasteiger partial charge in [0.2, 0.25) is 5.88 Å². The van der Waals surface area contributed by atoms with Crippen LogP contribution in [0.15, 0.2) is 12.4 Å². The topological polar surface area (TPSA) is 72.3 Å². The minimum atomic E-state index is -1.08. The van der Waals surface area contributed by atoms with Crippen molar-refractivity contribution in [3.8, 4) is 5.88 Å². The van der Waals surface area contributed by atoms with E-state index in [4.69, 9.17) is 9.84 Å². The number of hydrogen-bond acceptors (Lipinski definition) is 4. The van der Waals surface area contributed by atoms with Crippen molar-refractivity contribution in [1.82, 2.24) is 9.97 Å². The van der Waals surface area contributed by atoms with Gasteiger partial charge in [0.25, 0.3) is 0 Å². The van der Waals surface area contributed by atoms with Gasteiger partial charge in [0, 0.05) is 0 Å². The normalized spacial score (nSPS) is 10.1. The summed E-state index contributed by atoms with van der Waals surface area (Å²) in [6.07, 6.45) is 7.04. The lowest BCUT2D eigenvalue weighted by atomic mass is 10.2. The van der Waals surface area contributed by atoms with Crippen LogP contribution in [0.5, 0.6) is 5.88 Å². The average Bonchev–Trinajstić information content (AvgIpc) is 2.29. The van der Waals surface area contributed by atoms with Crippen LogP contribution in [0.25, 0.3) is 0 Å².